The van der Waals surface area contributed by atoms with Gasteiger partial charge in [-0.25, -0.2) is 0 Å². The van der Waals surface area contributed by atoms with Gasteiger partial charge >= 0.3 is 0 Å². The summed E-state index contributed by atoms with van der Waals surface area (Å²) in [5.74, 6) is 0. The molecule has 0 bridgehead atoms. The molecule has 0 aliphatic carbocycles. The van der Waals surface area contributed by atoms with Gasteiger partial charge in [0.2, 0.25) is 0 Å². The Morgan fingerprint density at radius 3 is 2.82 bits per heavy atom. The summed E-state index contributed by atoms with van der Waals surface area (Å²) in [5.41, 5.74) is 3.61. The van der Waals surface area contributed by atoms with E-state index in [2.05, 4.69) is 46.5 Å². The topological polar surface area (TPSA) is 53.3 Å². The fraction of sp³-hybridized carbons (Fsp3) is 0.471. The fourth-order valence-corrected chi connectivity index (χ4v) is 2.47. The standard InChI is InChI=1S/C17H26N4O/c1-3-21(9-10-22)8-7-18-12-15-5-4-6-16(11-15)17-13-19-20(2)14-17/h4-6,11,13-14,18,22H,3,7-10,12H2,1-2H3. The van der Waals surface area contributed by atoms with Crippen molar-refractivity contribution >= 4 is 0 Å². The molecule has 0 aliphatic rings. The normalized spacial score (nSPS) is 11.3. The summed E-state index contributed by atoms with van der Waals surface area (Å²) in [6, 6.07) is 8.54. The second kappa shape index (κ2) is 8.68. The van der Waals surface area contributed by atoms with Gasteiger partial charge in [-0.2, -0.15) is 5.10 Å². The van der Waals surface area contributed by atoms with Gasteiger partial charge in [0.15, 0.2) is 0 Å². The quantitative estimate of drug-likeness (QED) is 0.689. The van der Waals surface area contributed by atoms with Crippen molar-refractivity contribution in [1.82, 2.24) is 20.0 Å². The molecule has 0 spiro atoms. The molecule has 0 unspecified atom stereocenters. The maximum Gasteiger partial charge on any atom is 0.0568 e. The van der Waals surface area contributed by atoms with Crippen LogP contribution in [-0.4, -0.2) is 52.6 Å². The lowest BCUT2D eigenvalue weighted by Crippen LogP contribution is -2.33. The van der Waals surface area contributed by atoms with Crippen molar-refractivity contribution in [2.75, 3.05) is 32.8 Å². The molecule has 1 aromatic heterocycles. The Morgan fingerprint density at radius 2 is 2.14 bits per heavy atom. The van der Waals surface area contributed by atoms with Crippen molar-refractivity contribution in [3.63, 3.8) is 0 Å². The summed E-state index contributed by atoms with van der Waals surface area (Å²) in [6.07, 6.45) is 3.92. The smallest absolute Gasteiger partial charge is 0.0568 e. The lowest BCUT2D eigenvalue weighted by molar-refractivity contribution is 0.202. The van der Waals surface area contributed by atoms with E-state index in [1.54, 1.807) is 0 Å². The van der Waals surface area contributed by atoms with Gasteiger partial charge in [0.25, 0.3) is 0 Å². The number of aliphatic hydroxyl groups excluding tert-OH is 1. The Labute approximate surface area is 132 Å². The minimum Gasteiger partial charge on any atom is -0.395 e. The summed E-state index contributed by atoms with van der Waals surface area (Å²) in [6.45, 7) is 6.79. The van der Waals surface area contributed by atoms with E-state index < -0.39 is 0 Å². The van der Waals surface area contributed by atoms with Crippen LogP contribution in [0.25, 0.3) is 11.1 Å². The van der Waals surface area contributed by atoms with Crippen molar-refractivity contribution in [3.8, 4) is 11.1 Å². The van der Waals surface area contributed by atoms with Crippen molar-refractivity contribution < 1.29 is 5.11 Å². The first-order chi connectivity index (χ1) is 10.7. The van der Waals surface area contributed by atoms with E-state index in [1.807, 2.05) is 24.1 Å². The van der Waals surface area contributed by atoms with Crippen LogP contribution in [0.4, 0.5) is 0 Å². The molecule has 1 aromatic carbocycles. The Morgan fingerprint density at radius 1 is 1.27 bits per heavy atom. The molecule has 2 N–H and O–H groups in total. The number of aromatic nitrogens is 2. The number of hydrogen-bond donors (Lipinski definition) is 2. The van der Waals surface area contributed by atoms with E-state index in [4.69, 9.17) is 5.11 Å². The zero-order valence-electron chi connectivity index (χ0n) is 13.5. The number of aryl methyl sites for hydroxylation is 1. The van der Waals surface area contributed by atoms with Gasteiger partial charge < -0.3 is 15.3 Å². The number of nitrogens with zero attached hydrogens (tertiary/aromatic N) is 3. The lowest BCUT2D eigenvalue weighted by atomic mass is 10.1. The van der Waals surface area contributed by atoms with Crippen LogP contribution in [0.5, 0.6) is 0 Å². The van der Waals surface area contributed by atoms with Crippen molar-refractivity contribution in [1.29, 1.82) is 0 Å². The molecular formula is C17H26N4O. The predicted octanol–water partition coefficient (Wildman–Crippen LogP) is 1.49. The summed E-state index contributed by atoms with van der Waals surface area (Å²) in [4.78, 5) is 2.24. The summed E-state index contributed by atoms with van der Waals surface area (Å²) < 4.78 is 1.82. The van der Waals surface area contributed by atoms with Crippen LogP contribution < -0.4 is 5.32 Å². The monoisotopic (exact) mass is 302 g/mol. The SMILES string of the molecule is CCN(CCO)CCNCc1cccc(-c2cnn(C)c2)c1. The van der Waals surface area contributed by atoms with Gasteiger partial charge in [-0.15, -0.1) is 0 Å². The molecule has 120 valence electrons. The molecule has 2 rings (SSSR count). The molecule has 0 amide bonds. The Bertz CT molecular complexity index is 567. The van der Waals surface area contributed by atoms with E-state index >= 15 is 0 Å². The molecule has 5 nitrogen and oxygen atoms in total. The van der Waals surface area contributed by atoms with Gasteiger partial charge in [-0.1, -0.05) is 25.1 Å². The fourth-order valence-electron chi connectivity index (χ4n) is 2.47. The molecule has 0 saturated carbocycles. The highest BCUT2D eigenvalue weighted by atomic mass is 16.3. The highest BCUT2D eigenvalue weighted by Crippen LogP contribution is 2.19. The minimum atomic E-state index is 0.223. The first kappa shape index (κ1) is 16.7. The highest BCUT2D eigenvalue weighted by molar-refractivity contribution is 5.62. The third kappa shape index (κ3) is 4.94. The molecule has 0 fully saturated rings. The summed E-state index contributed by atoms with van der Waals surface area (Å²) >= 11 is 0. The number of benzene rings is 1. The average Bonchev–Trinajstić information content (AvgIpc) is 2.97. The Balaban J connectivity index is 1.83. The molecule has 0 aliphatic heterocycles. The highest BCUT2D eigenvalue weighted by Gasteiger charge is 2.03. The predicted molar refractivity (Wildman–Crippen MR) is 89.6 cm³/mol. The lowest BCUT2D eigenvalue weighted by Gasteiger charge is -2.19. The first-order valence-electron chi connectivity index (χ1n) is 7.85. The van der Waals surface area contributed by atoms with E-state index in [9.17, 15) is 0 Å². The van der Waals surface area contributed by atoms with Crippen molar-refractivity contribution in [2.45, 2.75) is 13.5 Å². The van der Waals surface area contributed by atoms with Gasteiger partial charge in [0.1, 0.15) is 0 Å². The number of hydrogen-bond acceptors (Lipinski definition) is 4. The Hall–Kier alpha value is -1.69. The van der Waals surface area contributed by atoms with Crippen molar-refractivity contribution in [2.24, 2.45) is 7.05 Å². The van der Waals surface area contributed by atoms with Crippen LogP contribution in [0.1, 0.15) is 12.5 Å². The second-order valence-corrected chi connectivity index (χ2v) is 5.44. The molecule has 1 heterocycles. The van der Waals surface area contributed by atoms with Crippen molar-refractivity contribution in [3.05, 3.63) is 42.2 Å². The van der Waals surface area contributed by atoms with Gasteiger partial charge in [0, 0.05) is 45.0 Å². The summed E-state index contributed by atoms with van der Waals surface area (Å²) in [5, 5.41) is 16.7. The van der Waals surface area contributed by atoms with Crippen LogP contribution in [0.3, 0.4) is 0 Å². The molecular weight excluding hydrogens is 276 g/mol. The second-order valence-electron chi connectivity index (χ2n) is 5.44. The zero-order valence-corrected chi connectivity index (χ0v) is 13.5. The number of aliphatic hydroxyl groups is 1. The first-order valence-corrected chi connectivity index (χ1v) is 7.85. The molecule has 0 radical (unpaired) electrons. The third-order valence-corrected chi connectivity index (χ3v) is 3.76. The van der Waals surface area contributed by atoms with Crippen LogP contribution in [0.15, 0.2) is 36.7 Å². The van der Waals surface area contributed by atoms with Crippen LogP contribution in [0, 0.1) is 0 Å². The molecule has 22 heavy (non-hydrogen) atoms. The van der Waals surface area contributed by atoms with E-state index in [0.29, 0.717) is 0 Å². The molecule has 0 atom stereocenters. The van der Waals surface area contributed by atoms with E-state index in [0.717, 1.165) is 38.3 Å². The Kier molecular flexibility index (Phi) is 6.58. The van der Waals surface area contributed by atoms with E-state index in [1.165, 1.54) is 11.1 Å². The van der Waals surface area contributed by atoms with E-state index in [-0.39, 0.29) is 6.61 Å². The molecule has 2 aromatic rings. The average molecular weight is 302 g/mol. The van der Waals surface area contributed by atoms with Crippen LogP contribution in [0.2, 0.25) is 0 Å². The molecule has 0 saturated heterocycles. The molecule has 5 heteroatoms. The minimum absolute atomic E-state index is 0.223. The number of nitrogens with one attached hydrogen (secondary N) is 1. The number of rotatable bonds is 9. The number of likely N-dealkylation sites (N-methyl/N-ethyl adjacent to an activating group) is 1. The maximum absolute atomic E-state index is 8.97. The largest absolute Gasteiger partial charge is 0.395 e. The van der Waals surface area contributed by atoms with Gasteiger partial charge in [0.05, 0.1) is 12.8 Å². The van der Waals surface area contributed by atoms with Gasteiger partial charge in [-0.3, -0.25) is 4.68 Å². The van der Waals surface area contributed by atoms with Gasteiger partial charge in [-0.05, 0) is 23.7 Å². The third-order valence-electron chi connectivity index (χ3n) is 3.76. The van der Waals surface area contributed by atoms with Crippen LogP contribution >= 0.6 is 0 Å². The van der Waals surface area contributed by atoms with Crippen LogP contribution in [-0.2, 0) is 13.6 Å². The zero-order chi connectivity index (χ0) is 15.8. The maximum atomic E-state index is 8.97. The summed E-state index contributed by atoms with van der Waals surface area (Å²) in [7, 11) is 1.93.